The second-order valence-corrected chi connectivity index (χ2v) is 4.04. The predicted octanol–water partition coefficient (Wildman–Crippen LogP) is 3.60. The van der Waals surface area contributed by atoms with E-state index in [2.05, 4.69) is 65.7 Å². The van der Waals surface area contributed by atoms with Crippen LogP contribution in [0.1, 0.15) is 6.92 Å². The van der Waals surface area contributed by atoms with Crippen molar-refractivity contribution >= 4 is 17.1 Å². The molecule has 0 saturated heterocycles. The number of hydrogen-bond acceptors (Lipinski definition) is 2. The van der Waals surface area contributed by atoms with Gasteiger partial charge in [-0.25, -0.2) is 0 Å². The highest BCUT2D eigenvalue weighted by Crippen LogP contribution is 2.39. The Morgan fingerprint density at radius 1 is 0.938 bits per heavy atom. The molecule has 16 heavy (non-hydrogen) atoms. The lowest BCUT2D eigenvalue weighted by molar-refractivity contribution is 0.843. The summed E-state index contributed by atoms with van der Waals surface area (Å²) in [6, 6.07) is 18.9. The van der Waals surface area contributed by atoms with Crippen LogP contribution < -0.4 is 10.2 Å². The van der Waals surface area contributed by atoms with Crippen LogP contribution in [0.25, 0.3) is 0 Å². The van der Waals surface area contributed by atoms with Crippen LogP contribution in [0.4, 0.5) is 17.1 Å². The summed E-state index contributed by atoms with van der Waals surface area (Å²) in [5.74, 6) is 0. The number of anilines is 3. The molecule has 1 aliphatic heterocycles. The number of nitrogens with one attached hydrogen (secondary N) is 1. The number of rotatable bonds is 1. The molecular formula is C14H14N2. The average molecular weight is 210 g/mol. The van der Waals surface area contributed by atoms with E-state index in [1.807, 2.05) is 6.07 Å². The fourth-order valence-electron chi connectivity index (χ4n) is 2.26. The molecule has 3 rings (SSSR count). The van der Waals surface area contributed by atoms with Crippen LogP contribution in [0.2, 0.25) is 0 Å². The van der Waals surface area contributed by atoms with Gasteiger partial charge in [0.1, 0.15) is 6.17 Å². The maximum atomic E-state index is 3.47. The Hall–Kier alpha value is -1.96. The summed E-state index contributed by atoms with van der Waals surface area (Å²) in [6.45, 7) is 2.17. The minimum absolute atomic E-state index is 0.305. The summed E-state index contributed by atoms with van der Waals surface area (Å²) >= 11 is 0. The molecule has 0 radical (unpaired) electrons. The lowest BCUT2D eigenvalue weighted by Gasteiger charge is -2.23. The monoisotopic (exact) mass is 210 g/mol. The van der Waals surface area contributed by atoms with E-state index in [-0.39, 0.29) is 0 Å². The third-order valence-electron chi connectivity index (χ3n) is 2.95. The molecule has 1 atom stereocenters. The zero-order valence-corrected chi connectivity index (χ0v) is 9.22. The molecule has 2 aromatic rings. The molecule has 0 amide bonds. The van der Waals surface area contributed by atoms with Crippen molar-refractivity contribution in [3.8, 4) is 0 Å². The Morgan fingerprint density at radius 3 is 2.44 bits per heavy atom. The molecule has 0 fully saturated rings. The van der Waals surface area contributed by atoms with E-state index in [4.69, 9.17) is 0 Å². The molecule has 0 bridgehead atoms. The van der Waals surface area contributed by atoms with Crippen LogP contribution in [0, 0.1) is 0 Å². The first-order valence-corrected chi connectivity index (χ1v) is 5.56. The number of para-hydroxylation sites is 3. The molecular weight excluding hydrogens is 196 g/mol. The van der Waals surface area contributed by atoms with E-state index < -0.39 is 0 Å². The summed E-state index contributed by atoms with van der Waals surface area (Å²) in [6.07, 6.45) is 0.305. The quantitative estimate of drug-likeness (QED) is 0.773. The van der Waals surface area contributed by atoms with E-state index in [1.165, 1.54) is 17.1 Å². The Labute approximate surface area is 95.5 Å². The van der Waals surface area contributed by atoms with Gasteiger partial charge in [0.25, 0.3) is 0 Å². The van der Waals surface area contributed by atoms with Crippen LogP contribution in [0.3, 0.4) is 0 Å². The van der Waals surface area contributed by atoms with Gasteiger partial charge >= 0.3 is 0 Å². The van der Waals surface area contributed by atoms with E-state index >= 15 is 0 Å². The number of fused-ring (bicyclic) bond motifs is 1. The fourth-order valence-corrected chi connectivity index (χ4v) is 2.26. The maximum absolute atomic E-state index is 3.47. The Balaban J connectivity index is 2.09. The van der Waals surface area contributed by atoms with Gasteiger partial charge < -0.3 is 10.2 Å². The van der Waals surface area contributed by atoms with Crippen LogP contribution in [-0.2, 0) is 0 Å². The summed E-state index contributed by atoms with van der Waals surface area (Å²) in [5, 5.41) is 3.47. The first-order valence-electron chi connectivity index (χ1n) is 5.56. The van der Waals surface area contributed by atoms with Crippen molar-refractivity contribution in [2.45, 2.75) is 13.1 Å². The smallest absolute Gasteiger partial charge is 0.101 e. The zero-order valence-electron chi connectivity index (χ0n) is 9.22. The molecule has 1 heterocycles. The van der Waals surface area contributed by atoms with Gasteiger partial charge in [0.15, 0.2) is 0 Å². The molecule has 0 saturated carbocycles. The molecule has 1 N–H and O–H groups in total. The van der Waals surface area contributed by atoms with Gasteiger partial charge in [0.05, 0.1) is 11.4 Å². The molecule has 2 nitrogen and oxygen atoms in total. The summed E-state index contributed by atoms with van der Waals surface area (Å²) in [5.41, 5.74) is 3.69. The normalized spacial score (nSPS) is 18.1. The van der Waals surface area contributed by atoms with Crippen molar-refractivity contribution in [1.82, 2.24) is 0 Å². The highest BCUT2D eigenvalue weighted by molar-refractivity contribution is 5.82. The van der Waals surface area contributed by atoms with Crippen molar-refractivity contribution < 1.29 is 0 Å². The lowest BCUT2D eigenvalue weighted by atomic mass is 10.2. The third-order valence-corrected chi connectivity index (χ3v) is 2.95. The number of nitrogens with zero attached hydrogens (tertiary/aromatic N) is 1. The molecule has 2 heteroatoms. The molecule has 2 aromatic carbocycles. The molecule has 0 aliphatic carbocycles. The molecule has 0 unspecified atom stereocenters. The summed E-state index contributed by atoms with van der Waals surface area (Å²) < 4.78 is 0. The van der Waals surface area contributed by atoms with Gasteiger partial charge in [-0.15, -0.1) is 0 Å². The number of hydrogen-bond donors (Lipinski definition) is 1. The standard InChI is InChI=1S/C14H14N2/c1-11-15-13-9-5-6-10-14(13)16(11)12-7-3-2-4-8-12/h2-11,15H,1H3/t11-/m1/s1. The predicted molar refractivity (Wildman–Crippen MR) is 68.1 cm³/mol. The maximum Gasteiger partial charge on any atom is 0.101 e. The minimum atomic E-state index is 0.305. The SMILES string of the molecule is C[C@@H]1Nc2ccccc2N1c1ccccc1. The highest BCUT2D eigenvalue weighted by Gasteiger charge is 2.25. The van der Waals surface area contributed by atoms with Gasteiger partial charge in [-0.1, -0.05) is 30.3 Å². The zero-order chi connectivity index (χ0) is 11.0. The molecule has 0 aromatic heterocycles. The van der Waals surface area contributed by atoms with Crippen molar-refractivity contribution in [2.24, 2.45) is 0 Å². The first-order chi connectivity index (χ1) is 7.86. The second-order valence-electron chi connectivity index (χ2n) is 4.04. The number of benzene rings is 2. The van der Waals surface area contributed by atoms with Crippen LogP contribution in [0.5, 0.6) is 0 Å². The van der Waals surface area contributed by atoms with Gasteiger partial charge in [-0.3, -0.25) is 0 Å². The van der Waals surface area contributed by atoms with Crippen LogP contribution in [0.15, 0.2) is 54.6 Å². The lowest BCUT2D eigenvalue weighted by Crippen LogP contribution is -2.28. The van der Waals surface area contributed by atoms with Gasteiger partial charge in [-0.05, 0) is 31.2 Å². The van der Waals surface area contributed by atoms with Crippen molar-refractivity contribution in [3.05, 3.63) is 54.6 Å². The second kappa shape index (κ2) is 3.56. The van der Waals surface area contributed by atoms with Gasteiger partial charge in [0.2, 0.25) is 0 Å². The van der Waals surface area contributed by atoms with Crippen LogP contribution in [-0.4, -0.2) is 6.17 Å². The van der Waals surface area contributed by atoms with Crippen molar-refractivity contribution in [3.63, 3.8) is 0 Å². The van der Waals surface area contributed by atoms with E-state index in [0.717, 1.165) is 0 Å². The van der Waals surface area contributed by atoms with Crippen molar-refractivity contribution in [1.29, 1.82) is 0 Å². The molecule has 80 valence electrons. The largest absolute Gasteiger partial charge is 0.363 e. The highest BCUT2D eigenvalue weighted by atomic mass is 15.3. The molecule has 0 spiro atoms. The Morgan fingerprint density at radius 2 is 1.62 bits per heavy atom. The fraction of sp³-hybridized carbons (Fsp3) is 0.143. The van der Waals surface area contributed by atoms with Gasteiger partial charge in [0, 0.05) is 5.69 Å². The minimum Gasteiger partial charge on any atom is -0.363 e. The third kappa shape index (κ3) is 1.34. The summed E-state index contributed by atoms with van der Waals surface area (Å²) in [7, 11) is 0. The van der Waals surface area contributed by atoms with E-state index in [1.54, 1.807) is 0 Å². The van der Waals surface area contributed by atoms with Crippen LogP contribution >= 0.6 is 0 Å². The summed E-state index contributed by atoms with van der Waals surface area (Å²) in [4.78, 5) is 2.31. The Bertz CT molecular complexity index is 493. The topological polar surface area (TPSA) is 15.3 Å². The average Bonchev–Trinajstić information content (AvgIpc) is 2.66. The van der Waals surface area contributed by atoms with Gasteiger partial charge in [-0.2, -0.15) is 0 Å². The van der Waals surface area contributed by atoms with E-state index in [0.29, 0.717) is 6.17 Å². The van der Waals surface area contributed by atoms with E-state index in [9.17, 15) is 0 Å². The molecule has 1 aliphatic rings. The first kappa shape index (κ1) is 9.28. The Kier molecular flexibility index (Phi) is 2.07. The van der Waals surface area contributed by atoms with Crippen molar-refractivity contribution in [2.75, 3.05) is 10.2 Å².